The van der Waals surface area contributed by atoms with Crippen molar-refractivity contribution >= 4 is 29.0 Å². The van der Waals surface area contributed by atoms with Crippen LogP contribution in [0.25, 0.3) is 0 Å². The van der Waals surface area contributed by atoms with Gasteiger partial charge in [0.25, 0.3) is 0 Å². The minimum atomic E-state index is 0.0938. The second-order valence-corrected chi connectivity index (χ2v) is 6.16. The number of carbonyl (C=O) groups excluding carboxylic acids is 1. The molecule has 1 aromatic rings. The molecule has 0 bridgehead atoms. The second-order valence-electron chi connectivity index (χ2n) is 4.95. The van der Waals surface area contributed by atoms with Gasteiger partial charge in [-0.25, -0.2) is 9.78 Å². The Labute approximate surface area is 121 Å². The average molecular weight is 301 g/mol. The Bertz CT molecular complexity index is 466. The van der Waals surface area contributed by atoms with Crippen LogP contribution in [0.3, 0.4) is 0 Å². The zero-order valence-corrected chi connectivity index (χ0v) is 12.2. The second kappa shape index (κ2) is 5.64. The van der Waals surface area contributed by atoms with Crippen molar-refractivity contribution in [2.45, 2.75) is 18.3 Å². The van der Waals surface area contributed by atoms with Gasteiger partial charge in [0.2, 0.25) is 0 Å². The summed E-state index contributed by atoms with van der Waals surface area (Å²) in [5.74, 6) is 0.491. The number of amides is 2. The minimum Gasteiger partial charge on any atom is -0.336 e. The Morgan fingerprint density at radius 2 is 2.42 bits per heavy atom. The van der Waals surface area contributed by atoms with E-state index in [-0.39, 0.29) is 6.03 Å². The molecule has 2 aliphatic heterocycles. The number of urea groups is 1. The number of fused-ring (bicyclic) bond motifs is 1. The monoisotopic (exact) mass is 300 g/mol. The first kappa shape index (κ1) is 13.1. The van der Waals surface area contributed by atoms with Crippen LogP contribution in [0.5, 0.6) is 0 Å². The van der Waals surface area contributed by atoms with Gasteiger partial charge in [0.15, 0.2) is 0 Å². The van der Waals surface area contributed by atoms with Crippen LogP contribution in [-0.2, 0) is 12.3 Å². The molecule has 1 unspecified atom stereocenters. The molecule has 0 aromatic carbocycles. The van der Waals surface area contributed by atoms with Crippen LogP contribution in [0.4, 0.5) is 4.79 Å². The van der Waals surface area contributed by atoms with Crippen molar-refractivity contribution in [2.24, 2.45) is 0 Å². The standard InChI is InChI=1S/C12H17ClN4OS/c13-5-9-8-19-11(15-9)1-2-16-3-4-17-10(7-16)6-14-12(17)18/h8,10H,1-7H2,(H,14,18). The zero-order chi connectivity index (χ0) is 13.2. The third-order valence-corrected chi connectivity index (χ3v) is 4.93. The maximum absolute atomic E-state index is 11.5. The molecule has 0 radical (unpaired) electrons. The van der Waals surface area contributed by atoms with Gasteiger partial charge < -0.3 is 10.2 Å². The zero-order valence-electron chi connectivity index (χ0n) is 10.6. The lowest BCUT2D eigenvalue weighted by atomic mass is 10.2. The van der Waals surface area contributed by atoms with Crippen molar-refractivity contribution in [3.63, 3.8) is 0 Å². The highest BCUT2D eigenvalue weighted by atomic mass is 35.5. The number of aromatic nitrogens is 1. The predicted molar refractivity (Wildman–Crippen MR) is 75.7 cm³/mol. The van der Waals surface area contributed by atoms with E-state index < -0.39 is 0 Å². The lowest BCUT2D eigenvalue weighted by Gasteiger charge is -2.36. The van der Waals surface area contributed by atoms with E-state index in [4.69, 9.17) is 11.6 Å². The molecule has 0 aliphatic carbocycles. The number of thiazole rings is 1. The third kappa shape index (κ3) is 2.85. The molecule has 1 N–H and O–H groups in total. The smallest absolute Gasteiger partial charge is 0.317 e. The van der Waals surface area contributed by atoms with Gasteiger partial charge in [0, 0.05) is 44.5 Å². The SMILES string of the molecule is O=C1NCC2CN(CCc3nc(CCl)cs3)CCN12. The van der Waals surface area contributed by atoms with E-state index in [1.807, 2.05) is 10.3 Å². The highest BCUT2D eigenvalue weighted by molar-refractivity contribution is 7.09. The van der Waals surface area contributed by atoms with Crippen LogP contribution < -0.4 is 5.32 Å². The number of hydrogen-bond acceptors (Lipinski definition) is 4. The first-order valence-electron chi connectivity index (χ1n) is 6.52. The predicted octanol–water partition coefficient (Wildman–Crippen LogP) is 1.13. The number of nitrogens with one attached hydrogen (secondary N) is 1. The first-order valence-corrected chi connectivity index (χ1v) is 7.94. The molecule has 3 rings (SSSR count). The van der Waals surface area contributed by atoms with Gasteiger partial charge in [-0.1, -0.05) is 0 Å². The highest BCUT2D eigenvalue weighted by Gasteiger charge is 2.35. The maximum Gasteiger partial charge on any atom is 0.317 e. The summed E-state index contributed by atoms with van der Waals surface area (Å²) < 4.78 is 0. The van der Waals surface area contributed by atoms with Crippen LogP contribution in [-0.4, -0.2) is 59.6 Å². The molecule has 2 amide bonds. The summed E-state index contributed by atoms with van der Waals surface area (Å²) in [4.78, 5) is 20.4. The Morgan fingerprint density at radius 3 is 3.21 bits per heavy atom. The minimum absolute atomic E-state index is 0.0938. The molecular weight excluding hydrogens is 284 g/mol. The number of halogens is 1. The van der Waals surface area contributed by atoms with Crippen LogP contribution in [0, 0.1) is 0 Å². The number of alkyl halides is 1. The topological polar surface area (TPSA) is 48.5 Å². The van der Waals surface area contributed by atoms with Crippen molar-refractivity contribution in [3.8, 4) is 0 Å². The van der Waals surface area contributed by atoms with Gasteiger partial charge in [0.05, 0.1) is 22.6 Å². The van der Waals surface area contributed by atoms with E-state index in [1.165, 1.54) is 0 Å². The number of hydrogen-bond donors (Lipinski definition) is 1. The van der Waals surface area contributed by atoms with Crippen LogP contribution in [0.15, 0.2) is 5.38 Å². The number of rotatable bonds is 4. The van der Waals surface area contributed by atoms with Crippen molar-refractivity contribution in [3.05, 3.63) is 16.1 Å². The van der Waals surface area contributed by atoms with Crippen molar-refractivity contribution in [2.75, 3.05) is 32.7 Å². The van der Waals surface area contributed by atoms with E-state index in [0.717, 1.165) is 49.8 Å². The van der Waals surface area contributed by atoms with Gasteiger partial charge in [0.1, 0.15) is 0 Å². The molecule has 0 saturated carbocycles. The van der Waals surface area contributed by atoms with Crippen LogP contribution in [0.2, 0.25) is 0 Å². The lowest BCUT2D eigenvalue weighted by molar-refractivity contribution is 0.122. The average Bonchev–Trinajstić information content (AvgIpc) is 3.03. The molecule has 0 spiro atoms. The molecule has 19 heavy (non-hydrogen) atoms. The van der Waals surface area contributed by atoms with E-state index >= 15 is 0 Å². The summed E-state index contributed by atoms with van der Waals surface area (Å²) in [5.41, 5.74) is 0.970. The molecule has 2 saturated heterocycles. The van der Waals surface area contributed by atoms with E-state index in [0.29, 0.717) is 11.9 Å². The summed E-state index contributed by atoms with van der Waals surface area (Å²) in [6, 6.07) is 0.437. The molecule has 5 nitrogen and oxygen atoms in total. The van der Waals surface area contributed by atoms with E-state index in [2.05, 4.69) is 15.2 Å². The molecular formula is C12H17ClN4OS. The quantitative estimate of drug-likeness (QED) is 0.848. The number of piperazine rings is 1. The van der Waals surface area contributed by atoms with E-state index in [9.17, 15) is 4.79 Å². The van der Waals surface area contributed by atoms with Gasteiger partial charge in [-0.15, -0.1) is 22.9 Å². The molecule has 2 aliphatic rings. The normalized spacial score (nSPS) is 23.5. The molecule has 1 aromatic heterocycles. The molecule has 2 fully saturated rings. The fraction of sp³-hybridized carbons (Fsp3) is 0.667. The van der Waals surface area contributed by atoms with Gasteiger partial charge >= 0.3 is 6.03 Å². The van der Waals surface area contributed by atoms with Gasteiger partial charge in [-0.3, -0.25) is 4.90 Å². The third-order valence-electron chi connectivity index (χ3n) is 3.69. The highest BCUT2D eigenvalue weighted by Crippen LogP contribution is 2.16. The molecule has 3 heterocycles. The Kier molecular flexibility index (Phi) is 3.91. The van der Waals surface area contributed by atoms with Crippen molar-refractivity contribution < 1.29 is 4.79 Å². The Morgan fingerprint density at radius 1 is 1.53 bits per heavy atom. The van der Waals surface area contributed by atoms with Crippen LogP contribution >= 0.6 is 22.9 Å². The molecule has 7 heteroatoms. The summed E-state index contributed by atoms with van der Waals surface area (Å²) in [5, 5.41) is 6.08. The van der Waals surface area contributed by atoms with E-state index in [1.54, 1.807) is 11.3 Å². The van der Waals surface area contributed by atoms with Crippen molar-refractivity contribution in [1.29, 1.82) is 0 Å². The Balaban J connectivity index is 1.50. The fourth-order valence-electron chi connectivity index (χ4n) is 2.65. The van der Waals surface area contributed by atoms with Gasteiger partial charge in [-0.05, 0) is 0 Å². The summed E-state index contributed by atoms with van der Waals surface area (Å²) in [7, 11) is 0. The van der Waals surface area contributed by atoms with Crippen LogP contribution in [0.1, 0.15) is 10.7 Å². The number of carbonyl (C=O) groups is 1. The summed E-state index contributed by atoms with van der Waals surface area (Å²) in [6.45, 7) is 4.54. The van der Waals surface area contributed by atoms with Gasteiger partial charge in [-0.2, -0.15) is 0 Å². The Hall–Kier alpha value is -0.850. The number of nitrogens with zero attached hydrogens (tertiary/aromatic N) is 3. The summed E-state index contributed by atoms with van der Waals surface area (Å²) >= 11 is 7.44. The molecule has 104 valence electrons. The lowest BCUT2D eigenvalue weighted by Crippen LogP contribution is -2.52. The largest absolute Gasteiger partial charge is 0.336 e. The maximum atomic E-state index is 11.5. The molecule has 1 atom stereocenters. The first-order chi connectivity index (χ1) is 9.26. The summed E-state index contributed by atoms with van der Waals surface area (Å²) in [6.07, 6.45) is 0.968. The fourth-order valence-corrected chi connectivity index (χ4v) is 3.67. The van der Waals surface area contributed by atoms with Crippen molar-refractivity contribution in [1.82, 2.24) is 20.1 Å².